The van der Waals surface area contributed by atoms with Crippen LogP contribution in [0, 0.1) is 0 Å². The number of carbonyl (C=O) groups is 1. The molecule has 3 rings (SSSR count). The van der Waals surface area contributed by atoms with E-state index in [1.54, 1.807) is 11.8 Å². The van der Waals surface area contributed by atoms with E-state index >= 15 is 0 Å². The fraction of sp³-hybridized carbons (Fsp3) is 0.227. The van der Waals surface area contributed by atoms with Crippen LogP contribution in [0.1, 0.15) is 28.9 Å². The molecule has 0 fully saturated rings. The minimum absolute atomic E-state index is 0.131. The van der Waals surface area contributed by atoms with Gasteiger partial charge in [0.2, 0.25) is 0 Å². The maximum atomic E-state index is 12.9. The van der Waals surface area contributed by atoms with Crippen molar-refractivity contribution < 1.29 is 14.6 Å². The van der Waals surface area contributed by atoms with E-state index < -0.39 is 6.10 Å². The van der Waals surface area contributed by atoms with Gasteiger partial charge in [-0.15, -0.1) is 11.8 Å². The average Bonchev–Trinajstić information content (AvgIpc) is 2.72. The van der Waals surface area contributed by atoms with Crippen LogP contribution >= 0.6 is 11.8 Å². The molecule has 1 atom stereocenters. The summed E-state index contributed by atoms with van der Waals surface area (Å²) in [5.41, 5.74) is 1.27. The smallest absolute Gasteiger partial charge is 0.255 e. The van der Waals surface area contributed by atoms with Crippen LogP contribution in [0.3, 0.4) is 0 Å². The summed E-state index contributed by atoms with van der Waals surface area (Å²) in [5.74, 6) is 0.294. The number of aliphatic hydroxyl groups excluding tert-OH is 1. The summed E-state index contributed by atoms with van der Waals surface area (Å²) < 4.78 is 5.66. The molecule has 0 spiro atoms. The van der Waals surface area contributed by atoms with E-state index in [4.69, 9.17) is 4.74 Å². The predicted octanol–water partition coefficient (Wildman–Crippen LogP) is 4.42. The molecule has 0 saturated heterocycles. The highest BCUT2D eigenvalue weighted by atomic mass is 32.2. The number of carbonyl (C=O) groups excluding carboxylic acids is 1. The summed E-state index contributed by atoms with van der Waals surface area (Å²) in [4.78, 5) is 14.0. The van der Waals surface area contributed by atoms with Crippen LogP contribution in [0.4, 0.5) is 0 Å². The van der Waals surface area contributed by atoms with Gasteiger partial charge in [-0.1, -0.05) is 42.5 Å². The average molecular weight is 381 g/mol. The lowest BCUT2D eigenvalue weighted by molar-refractivity contribution is 0.0914. The number of rotatable bonds is 7. The van der Waals surface area contributed by atoms with Crippen molar-refractivity contribution in [2.75, 3.05) is 19.4 Å². The Labute approximate surface area is 163 Å². The first-order chi connectivity index (χ1) is 13.1. The topological polar surface area (TPSA) is 58.6 Å². The van der Waals surface area contributed by atoms with E-state index in [1.807, 2.05) is 73.8 Å². The molecule has 0 bridgehead atoms. The normalized spacial score (nSPS) is 12.0. The molecular weight excluding hydrogens is 358 g/mol. The number of fused-ring (bicyclic) bond motifs is 1. The van der Waals surface area contributed by atoms with Gasteiger partial charge in [-0.2, -0.15) is 0 Å². The minimum atomic E-state index is -0.768. The molecule has 0 heterocycles. The van der Waals surface area contributed by atoms with Crippen LogP contribution in [-0.2, 0) is 0 Å². The van der Waals surface area contributed by atoms with Crippen LogP contribution in [0.2, 0.25) is 0 Å². The van der Waals surface area contributed by atoms with E-state index in [2.05, 4.69) is 5.32 Å². The predicted molar refractivity (Wildman–Crippen MR) is 111 cm³/mol. The van der Waals surface area contributed by atoms with E-state index in [-0.39, 0.29) is 12.5 Å². The Morgan fingerprint density at radius 1 is 1.11 bits per heavy atom. The monoisotopic (exact) mass is 381 g/mol. The number of benzene rings is 3. The highest BCUT2D eigenvalue weighted by Crippen LogP contribution is 2.28. The van der Waals surface area contributed by atoms with Gasteiger partial charge in [-0.3, -0.25) is 4.79 Å². The first-order valence-corrected chi connectivity index (χ1v) is 10.1. The molecule has 5 heteroatoms. The molecule has 0 aliphatic heterocycles. The Bertz CT molecular complexity index is 924. The molecule has 1 amide bonds. The first-order valence-electron chi connectivity index (χ1n) is 8.88. The Balaban J connectivity index is 1.79. The zero-order valence-corrected chi connectivity index (χ0v) is 16.3. The summed E-state index contributed by atoms with van der Waals surface area (Å²) in [6, 6.07) is 19.2. The largest absolute Gasteiger partial charge is 0.493 e. The van der Waals surface area contributed by atoms with E-state index in [0.717, 1.165) is 21.2 Å². The van der Waals surface area contributed by atoms with Gasteiger partial charge in [0.25, 0.3) is 5.91 Å². The van der Waals surface area contributed by atoms with Crippen LogP contribution in [-0.4, -0.2) is 30.4 Å². The van der Waals surface area contributed by atoms with Crippen LogP contribution < -0.4 is 10.1 Å². The van der Waals surface area contributed by atoms with Crippen molar-refractivity contribution in [3.8, 4) is 5.75 Å². The molecule has 3 aromatic rings. The summed E-state index contributed by atoms with van der Waals surface area (Å²) in [6.45, 7) is 2.49. The standard InChI is InChI=1S/C22H23NO3S/c1-3-26-20-13-10-15-6-4-5-7-18(15)21(20)22(25)23-14-19(24)16-8-11-17(27-2)12-9-16/h4-13,19,24H,3,14H2,1-2H3,(H,23,25)/t19-/m0/s1. The quantitative estimate of drug-likeness (QED) is 0.595. The van der Waals surface area contributed by atoms with Gasteiger partial charge < -0.3 is 15.2 Å². The van der Waals surface area contributed by atoms with Crippen molar-refractivity contribution in [2.24, 2.45) is 0 Å². The number of amides is 1. The van der Waals surface area contributed by atoms with Crippen molar-refractivity contribution >= 4 is 28.4 Å². The number of hydrogen-bond donors (Lipinski definition) is 2. The molecule has 2 N–H and O–H groups in total. The number of thioether (sulfide) groups is 1. The fourth-order valence-electron chi connectivity index (χ4n) is 2.98. The lowest BCUT2D eigenvalue weighted by atomic mass is 10.0. The zero-order valence-electron chi connectivity index (χ0n) is 15.4. The second-order valence-corrected chi connectivity index (χ2v) is 6.97. The van der Waals surface area contributed by atoms with Crippen LogP contribution in [0.25, 0.3) is 10.8 Å². The van der Waals surface area contributed by atoms with Gasteiger partial charge in [0.15, 0.2) is 0 Å². The lowest BCUT2D eigenvalue weighted by Crippen LogP contribution is -2.29. The van der Waals surface area contributed by atoms with Gasteiger partial charge in [0.05, 0.1) is 18.3 Å². The molecule has 0 aliphatic carbocycles. The SMILES string of the molecule is CCOc1ccc2ccccc2c1C(=O)NC[C@H](O)c1ccc(SC)cc1. The molecular formula is C22H23NO3S. The number of hydrogen-bond acceptors (Lipinski definition) is 4. The Hall–Kier alpha value is -2.50. The summed E-state index contributed by atoms with van der Waals surface area (Å²) in [5, 5.41) is 15.1. The Kier molecular flexibility index (Phi) is 6.37. The second kappa shape index (κ2) is 8.93. The molecule has 0 aliphatic rings. The molecule has 0 radical (unpaired) electrons. The van der Waals surface area contributed by atoms with Gasteiger partial charge in [-0.05, 0) is 47.7 Å². The van der Waals surface area contributed by atoms with Crippen molar-refractivity contribution in [1.82, 2.24) is 5.32 Å². The van der Waals surface area contributed by atoms with Crippen molar-refractivity contribution in [2.45, 2.75) is 17.9 Å². The Morgan fingerprint density at radius 2 is 1.85 bits per heavy atom. The highest BCUT2D eigenvalue weighted by Gasteiger charge is 2.18. The zero-order chi connectivity index (χ0) is 19.2. The van der Waals surface area contributed by atoms with Gasteiger partial charge >= 0.3 is 0 Å². The van der Waals surface area contributed by atoms with Crippen molar-refractivity contribution in [3.05, 3.63) is 71.8 Å². The second-order valence-electron chi connectivity index (χ2n) is 6.09. The third kappa shape index (κ3) is 4.43. The van der Waals surface area contributed by atoms with Gasteiger partial charge in [-0.25, -0.2) is 0 Å². The van der Waals surface area contributed by atoms with E-state index in [0.29, 0.717) is 17.9 Å². The summed E-state index contributed by atoms with van der Waals surface area (Å²) in [7, 11) is 0. The lowest BCUT2D eigenvalue weighted by Gasteiger charge is -2.16. The van der Waals surface area contributed by atoms with E-state index in [1.165, 1.54) is 0 Å². The van der Waals surface area contributed by atoms with Gasteiger partial charge in [0.1, 0.15) is 5.75 Å². The van der Waals surface area contributed by atoms with E-state index in [9.17, 15) is 9.90 Å². The molecule has 0 aromatic heterocycles. The maximum absolute atomic E-state index is 12.9. The third-order valence-electron chi connectivity index (χ3n) is 4.37. The molecule has 0 unspecified atom stereocenters. The fourth-order valence-corrected chi connectivity index (χ4v) is 3.39. The first kappa shape index (κ1) is 19.3. The van der Waals surface area contributed by atoms with Crippen molar-refractivity contribution in [1.29, 1.82) is 0 Å². The van der Waals surface area contributed by atoms with Crippen LogP contribution in [0.15, 0.2) is 65.6 Å². The van der Waals surface area contributed by atoms with Crippen molar-refractivity contribution in [3.63, 3.8) is 0 Å². The summed E-state index contributed by atoms with van der Waals surface area (Å²) in [6.07, 6.45) is 1.24. The van der Waals surface area contributed by atoms with Crippen LogP contribution in [0.5, 0.6) is 5.75 Å². The number of aliphatic hydroxyl groups is 1. The number of ether oxygens (including phenoxy) is 1. The molecule has 140 valence electrons. The minimum Gasteiger partial charge on any atom is -0.493 e. The highest BCUT2D eigenvalue weighted by molar-refractivity contribution is 7.98. The van der Waals surface area contributed by atoms with Gasteiger partial charge in [0, 0.05) is 11.4 Å². The molecule has 27 heavy (non-hydrogen) atoms. The Morgan fingerprint density at radius 3 is 2.56 bits per heavy atom. The molecule has 3 aromatic carbocycles. The molecule has 4 nitrogen and oxygen atoms in total. The maximum Gasteiger partial charge on any atom is 0.255 e. The summed E-state index contributed by atoms with van der Waals surface area (Å²) >= 11 is 1.65. The number of nitrogens with one attached hydrogen (secondary N) is 1. The molecule has 0 saturated carbocycles. The third-order valence-corrected chi connectivity index (χ3v) is 5.12.